The molecule has 0 fully saturated rings. The minimum atomic E-state index is -4.82. The van der Waals surface area contributed by atoms with Gasteiger partial charge >= 0.3 is 6.36 Å². The van der Waals surface area contributed by atoms with Crippen LogP contribution in [0.1, 0.15) is 24.2 Å². The maximum Gasteiger partial charge on any atom is 0.573 e. The number of hydrogen-bond donors (Lipinski definition) is 2. The molecule has 1 atom stereocenters. The first-order valence-corrected chi connectivity index (χ1v) is 8.53. The number of alkyl halides is 3. The van der Waals surface area contributed by atoms with Crippen LogP contribution in [-0.2, 0) is 4.79 Å². The molecule has 2 N–H and O–H groups in total. The zero-order chi connectivity index (χ0) is 21.4. The molecule has 0 aliphatic heterocycles. The van der Waals surface area contributed by atoms with Crippen LogP contribution in [0.25, 0.3) is 0 Å². The molecule has 156 valence electrons. The molecule has 0 saturated carbocycles. The largest absolute Gasteiger partial charge is 0.573 e. The molecule has 0 radical (unpaired) electrons. The molecule has 2 aromatic carbocycles. The normalized spacial score (nSPS) is 11.9. The number of rotatable bonds is 7. The summed E-state index contributed by atoms with van der Waals surface area (Å²) in [5, 5.41) is 0. The van der Waals surface area contributed by atoms with Gasteiger partial charge in [0.15, 0.2) is 6.10 Å². The van der Waals surface area contributed by atoms with Crippen LogP contribution >= 0.6 is 0 Å². The number of ether oxygens (including phenoxy) is 3. The van der Waals surface area contributed by atoms with Gasteiger partial charge in [-0.05, 0) is 62.4 Å². The molecule has 0 unspecified atom stereocenters. The van der Waals surface area contributed by atoms with Crippen molar-refractivity contribution in [1.29, 1.82) is 0 Å². The van der Waals surface area contributed by atoms with Gasteiger partial charge in [-0.1, -0.05) is 0 Å². The monoisotopic (exact) mass is 412 g/mol. The average Bonchev–Trinajstić information content (AvgIpc) is 2.67. The van der Waals surface area contributed by atoms with Crippen LogP contribution in [0.3, 0.4) is 0 Å². The molecule has 0 saturated heterocycles. The van der Waals surface area contributed by atoms with Crippen LogP contribution in [-0.4, -0.2) is 30.9 Å². The SMILES string of the molecule is CCOc1ccc(O[C@@H](C)C(=O)NNC(=O)c2ccc(OC(F)(F)F)cc2)cc1. The predicted octanol–water partition coefficient (Wildman–Crippen LogP) is 3.21. The molecular weight excluding hydrogens is 393 g/mol. The van der Waals surface area contributed by atoms with E-state index < -0.39 is 30.0 Å². The second-order valence-corrected chi connectivity index (χ2v) is 5.68. The Morgan fingerprint density at radius 2 is 1.48 bits per heavy atom. The van der Waals surface area contributed by atoms with E-state index in [0.717, 1.165) is 24.3 Å². The Labute approximate surface area is 164 Å². The summed E-state index contributed by atoms with van der Waals surface area (Å²) in [6.45, 7) is 3.87. The lowest BCUT2D eigenvalue weighted by molar-refractivity contribution is -0.274. The van der Waals surface area contributed by atoms with Crippen molar-refractivity contribution in [3.63, 3.8) is 0 Å². The van der Waals surface area contributed by atoms with Gasteiger partial charge in [0, 0.05) is 5.56 Å². The third-order valence-electron chi connectivity index (χ3n) is 3.47. The van der Waals surface area contributed by atoms with Crippen LogP contribution < -0.4 is 25.1 Å². The van der Waals surface area contributed by atoms with Crippen molar-refractivity contribution in [2.75, 3.05) is 6.61 Å². The van der Waals surface area contributed by atoms with Gasteiger partial charge in [0.2, 0.25) is 0 Å². The summed E-state index contributed by atoms with van der Waals surface area (Å²) < 4.78 is 50.9. The van der Waals surface area contributed by atoms with Gasteiger partial charge < -0.3 is 14.2 Å². The maximum atomic E-state index is 12.1. The first kappa shape index (κ1) is 21.9. The molecule has 2 rings (SSSR count). The smallest absolute Gasteiger partial charge is 0.494 e. The number of hydrazine groups is 1. The highest BCUT2D eigenvalue weighted by molar-refractivity contribution is 5.95. The van der Waals surface area contributed by atoms with E-state index in [1.165, 1.54) is 6.92 Å². The van der Waals surface area contributed by atoms with E-state index in [9.17, 15) is 22.8 Å². The fourth-order valence-corrected chi connectivity index (χ4v) is 2.14. The van der Waals surface area contributed by atoms with Crippen molar-refractivity contribution < 1.29 is 37.0 Å². The molecule has 2 aromatic rings. The second-order valence-electron chi connectivity index (χ2n) is 5.68. The topological polar surface area (TPSA) is 85.9 Å². The zero-order valence-corrected chi connectivity index (χ0v) is 15.6. The van der Waals surface area contributed by atoms with Crippen LogP contribution in [0.4, 0.5) is 13.2 Å². The summed E-state index contributed by atoms with van der Waals surface area (Å²) in [6.07, 6.45) is -5.74. The third kappa shape index (κ3) is 7.24. The lowest BCUT2D eigenvalue weighted by atomic mass is 10.2. The Kier molecular flexibility index (Phi) is 7.29. The van der Waals surface area contributed by atoms with Gasteiger partial charge in [0.1, 0.15) is 17.2 Å². The number of hydrogen-bond acceptors (Lipinski definition) is 5. The van der Waals surface area contributed by atoms with E-state index in [-0.39, 0.29) is 5.56 Å². The Morgan fingerprint density at radius 3 is 2.03 bits per heavy atom. The first-order chi connectivity index (χ1) is 13.7. The summed E-state index contributed by atoms with van der Waals surface area (Å²) >= 11 is 0. The molecule has 7 nitrogen and oxygen atoms in total. The van der Waals surface area contributed by atoms with Gasteiger partial charge in [0.05, 0.1) is 6.61 Å². The fraction of sp³-hybridized carbons (Fsp3) is 0.263. The number of amides is 2. The van der Waals surface area contributed by atoms with Crippen LogP contribution in [0.5, 0.6) is 17.2 Å². The van der Waals surface area contributed by atoms with E-state index >= 15 is 0 Å². The van der Waals surface area contributed by atoms with Gasteiger partial charge in [-0.3, -0.25) is 20.4 Å². The quantitative estimate of drug-likeness (QED) is 0.682. The molecular formula is C19H19F3N2O5. The van der Waals surface area contributed by atoms with E-state index in [1.54, 1.807) is 24.3 Å². The molecule has 0 aliphatic carbocycles. The van der Waals surface area contributed by atoms with Crippen molar-refractivity contribution in [1.82, 2.24) is 10.9 Å². The number of benzene rings is 2. The molecule has 0 aromatic heterocycles. The molecule has 0 aliphatic rings. The van der Waals surface area contributed by atoms with Crippen molar-refractivity contribution in [2.24, 2.45) is 0 Å². The highest BCUT2D eigenvalue weighted by atomic mass is 19.4. The number of carbonyl (C=O) groups excluding carboxylic acids is 2. The molecule has 0 heterocycles. The van der Waals surface area contributed by atoms with Crippen molar-refractivity contribution in [3.8, 4) is 17.2 Å². The van der Waals surface area contributed by atoms with Gasteiger partial charge in [-0.2, -0.15) is 0 Å². The molecule has 10 heteroatoms. The van der Waals surface area contributed by atoms with E-state index in [0.29, 0.717) is 18.1 Å². The minimum Gasteiger partial charge on any atom is -0.494 e. The Balaban J connectivity index is 1.83. The minimum absolute atomic E-state index is 0.0277. The molecule has 29 heavy (non-hydrogen) atoms. The number of nitrogens with one attached hydrogen (secondary N) is 2. The van der Waals surface area contributed by atoms with Crippen LogP contribution in [0.15, 0.2) is 48.5 Å². The Hall–Kier alpha value is -3.43. The van der Waals surface area contributed by atoms with E-state index in [2.05, 4.69) is 15.6 Å². The van der Waals surface area contributed by atoms with E-state index in [4.69, 9.17) is 9.47 Å². The highest BCUT2D eigenvalue weighted by Crippen LogP contribution is 2.22. The van der Waals surface area contributed by atoms with Crippen molar-refractivity contribution >= 4 is 11.8 Å². The third-order valence-corrected chi connectivity index (χ3v) is 3.47. The number of halogens is 3. The maximum absolute atomic E-state index is 12.1. The van der Waals surface area contributed by atoms with Crippen molar-refractivity contribution in [2.45, 2.75) is 26.3 Å². The molecule has 0 bridgehead atoms. The van der Waals surface area contributed by atoms with Gasteiger partial charge in [-0.15, -0.1) is 13.2 Å². The Morgan fingerprint density at radius 1 is 0.931 bits per heavy atom. The molecule has 2 amide bonds. The van der Waals surface area contributed by atoms with E-state index in [1.807, 2.05) is 6.92 Å². The van der Waals surface area contributed by atoms with Crippen LogP contribution in [0, 0.1) is 0 Å². The molecule has 0 spiro atoms. The summed E-state index contributed by atoms with van der Waals surface area (Å²) in [4.78, 5) is 24.0. The summed E-state index contributed by atoms with van der Waals surface area (Å²) in [7, 11) is 0. The predicted molar refractivity (Wildman–Crippen MR) is 96.4 cm³/mol. The summed E-state index contributed by atoms with van der Waals surface area (Å²) in [5.41, 5.74) is 4.37. The van der Waals surface area contributed by atoms with Gasteiger partial charge in [0.25, 0.3) is 11.8 Å². The lowest BCUT2D eigenvalue weighted by Gasteiger charge is -2.15. The standard InChI is InChI=1S/C19H19F3N2O5/c1-3-27-14-8-10-15(11-9-14)28-12(2)17(25)23-24-18(26)13-4-6-16(7-5-13)29-19(20,21)22/h4-12H,3H2,1-2H3,(H,23,25)(H,24,26)/t12-/m0/s1. The second kappa shape index (κ2) is 9.67. The summed E-state index contributed by atoms with van der Waals surface area (Å²) in [5.74, 6) is -0.705. The average molecular weight is 412 g/mol. The zero-order valence-electron chi connectivity index (χ0n) is 15.6. The Bertz CT molecular complexity index is 823. The number of carbonyl (C=O) groups is 2. The van der Waals surface area contributed by atoms with Gasteiger partial charge in [-0.25, -0.2) is 0 Å². The first-order valence-electron chi connectivity index (χ1n) is 8.53. The highest BCUT2D eigenvalue weighted by Gasteiger charge is 2.31. The fourth-order valence-electron chi connectivity index (χ4n) is 2.14. The lowest BCUT2D eigenvalue weighted by Crippen LogP contribution is -2.47. The summed E-state index contributed by atoms with van der Waals surface area (Å²) in [6, 6.07) is 10.9. The van der Waals surface area contributed by atoms with Crippen molar-refractivity contribution in [3.05, 3.63) is 54.1 Å². The van der Waals surface area contributed by atoms with Crippen LogP contribution in [0.2, 0.25) is 0 Å².